The average Bonchev–Trinajstić information content (AvgIpc) is 3.54. The van der Waals surface area contributed by atoms with E-state index in [1.165, 1.54) is 39.8 Å². The van der Waals surface area contributed by atoms with Crippen LogP contribution in [0, 0.1) is 0 Å². The summed E-state index contributed by atoms with van der Waals surface area (Å²) in [6.07, 6.45) is 0. The minimum absolute atomic E-state index is 0.0321. The van der Waals surface area contributed by atoms with Gasteiger partial charge in [0.2, 0.25) is 0 Å². The van der Waals surface area contributed by atoms with Crippen molar-refractivity contribution in [2.24, 2.45) is 0 Å². The molecule has 4 unspecified atom stereocenters. The van der Waals surface area contributed by atoms with Crippen LogP contribution in [-0.2, 0) is 10.8 Å². The fraction of sp³-hybridized carbons (Fsp3) is 0.500. The summed E-state index contributed by atoms with van der Waals surface area (Å²) in [6.45, 7) is -3.33. The maximum absolute atomic E-state index is 12.9. The van der Waals surface area contributed by atoms with Crippen molar-refractivity contribution in [1.29, 1.82) is 0 Å². The summed E-state index contributed by atoms with van der Waals surface area (Å²) in [7, 11) is 0. The van der Waals surface area contributed by atoms with E-state index < -0.39 is 12.5 Å². The van der Waals surface area contributed by atoms with E-state index in [1.807, 2.05) is 0 Å². The van der Waals surface area contributed by atoms with Crippen molar-refractivity contribution in [3.63, 3.8) is 0 Å². The summed E-state index contributed by atoms with van der Waals surface area (Å²) >= 11 is 0. The van der Waals surface area contributed by atoms with E-state index in [9.17, 15) is 14.7 Å². The number of carboxylic acid groups (broad SMARTS) is 1. The van der Waals surface area contributed by atoms with E-state index in [0.29, 0.717) is 15.3 Å². The fourth-order valence-corrected chi connectivity index (χ4v) is 92.2. The molecule has 126 valence electrons. The first-order chi connectivity index (χ1) is 11.8. The van der Waals surface area contributed by atoms with Crippen LogP contribution in [0.25, 0.3) is 11.0 Å². The van der Waals surface area contributed by atoms with Crippen LogP contribution in [0.3, 0.4) is 0 Å². The van der Waals surface area contributed by atoms with E-state index in [1.54, 1.807) is 18.2 Å². The van der Waals surface area contributed by atoms with Crippen LogP contribution in [0.2, 0.25) is 43.3 Å². The number of aromatic carboxylic acids is 1. The standard InChI is InChI=1S/C15H9O4.C5H5.Fe/c16-12-8-14(9-3-1-2-4-9)19-13-6-5-10(15(17)18)7-11(12)13;1-2-4-5-3-1;/h1-8H,(H,17,18);1-5H;. The molecular formula is C20H14FeO4. The molecule has 0 saturated carbocycles. The zero-order chi connectivity index (χ0) is 16.0. The first-order valence-electron chi connectivity index (χ1n) is 9.36. The Bertz CT molecular complexity index is 1610. The van der Waals surface area contributed by atoms with Crippen LogP contribution < -0.4 is 5.43 Å². The molecule has 5 heteroatoms. The molecule has 10 saturated heterocycles. The van der Waals surface area contributed by atoms with E-state index in [0.717, 1.165) is 15.4 Å². The summed E-state index contributed by atoms with van der Waals surface area (Å²) in [4.78, 5) is 34.6. The van der Waals surface area contributed by atoms with Gasteiger partial charge >= 0.3 is 131 Å². The van der Waals surface area contributed by atoms with Crippen molar-refractivity contribution in [3.8, 4) is 0 Å². The van der Waals surface area contributed by atoms with Crippen LogP contribution >= 0.6 is 0 Å². The van der Waals surface area contributed by atoms with E-state index in [-0.39, 0.29) is 11.0 Å². The Labute approximate surface area is 131 Å². The number of hydrogen-bond donors (Lipinski definition) is 1. The van der Waals surface area contributed by atoms with Crippen LogP contribution in [0.1, 0.15) is 16.1 Å². The van der Waals surface area contributed by atoms with Crippen LogP contribution in [0.4, 0.5) is 0 Å². The first-order valence-corrected chi connectivity index (χ1v) is 15.7. The maximum atomic E-state index is 12.9. The minimum atomic E-state index is -3.33. The molecule has 11 heterocycles. The summed E-state index contributed by atoms with van der Waals surface area (Å²) in [5.74, 6) is 0.0708. The second kappa shape index (κ2) is 1.04. The third-order valence-corrected chi connectivity index (χ3v) is 59.3. The zero-order valence-corrected chi connectivity index (χ0v) is 14.1. The van der Waals surface area contributed by atoms with Gasteiger partial charge in [0, 0.05) is 0 Å². The van der Waals surface area contributed by atoms with Crippen molar-refractivity contribution in [2.75, 3.05) is 0 Å². The molecular weight excluding hydrogens is 360 g/mol. The van der Waals surface area contributed by atoms with Crippen molar-refractivity contribution in [3.05, 3.63) is 45.8 Å². The monoisotopic (exact) mass is 374 g/mol. The van der Waals surface area contributed by atoms with Gasteiger partial charge in [0.05, 0.1) is 0 Å². The molecule has 0 radical (unpaired) electrons. The summed E-state index contributed by atoms with van der Waals surface area (Å²) in [6, 6.07) is 6.55. The molecule has 25 heavy (non-hydrogen) atoms. The van der Waals surface area contributed by atoms with Gasteiger partial charge in [0.1, 0.15) is 0 Å². The van der Waals surface area contributed by atoms with Crippen LogP contribution in [0.5, 0.6) is 0 Å². The van der Waals surface area contributed by atoms with Gasteiger partial charge in [0.25, 0.3) is 0 Å². The van der Waals surface area contributed by atoms with Gasteiger partial charge in [-0.25, -0.2) is 0 Å². The second-order valence-corrected chi connectivity index (χ2v) is 36.2. The SMILES string of the molecule is O=C(O)c1ccc2oc([C]34[CH]5[CH]6[CH]7[CH]3[Fe]6754389%10[CH]4[CH]3[CH]8[CH]9[CH]4%10)cc(=O)c2c1. The van der Waals surface area contributed by atoms with Crippen molar-refractivity contribution >= 4 is 16.9 Å². The Balaban J connectivity index is 1.27. The van der Waals surface area contributed by atoms with Crippen molar-refractivity contribution in [1.82, 2.24) is 0 Å². The molecule has 1 aromatic heterocycles. The molecule has 2 aromatic rings. The normalized spacial score (nSPS) is 84.7. The molecule has 4 nitrogen and oxygen atoms in total. The Morgan fingerprint density at radius 1 is 1.00 bits per heavy atom. The van der Waals surface area contributed by atoms with Gasteiger partial charge in [-0.05, 0) is 0 Å². The van der Waals surface area contributed by atoms with Crippen molar-refractivity contribution in [2.45, 2.75) is 47.7 Å². The number of rotatable bonds is 2. The Hall–Kier alpha value is -1.58. The molecule has 0 aliphatic carbocycles. The Kier molecular flexibility index (Phi) is 0.414. The predicted octanol–water partition coefficient (Wildman–Crippen LogP) is 4.29. The fourth-order valence-electron chi connectivity index (χ4n) is 18.3. The van der Waals surface area contributed by atoms with E-state index >= 15 is 0 Å². The van der Waals surface area contributed by atoms with Crippen LogP contribution in [0.15, 0.2) is 33.5 Å². The molecule has 4 atom stereocenters. The van der Waals surface area contributed by atoms with Crippen molar-refractivity contribution < 1.29 is 20.8 Å². The number of carbonyl (C=O) groups is 1. The molecule has 1 N–H and O–H groups in total. The van der Waals surface area contributed by atoms with Crippen LogP contribution in [-0.4, -0.2) is 11.1 Å². The summed E-state index contributed by atoms with van der Waals surface area (Å²) in [5, 5.41) is 9.61. The van der Waals surface area contributed by atoms with Gasteiger partial charge in [-0.1, -0.05) is 0 Å². The average molecular weight is 374 g/mol. The number of carboxylic acids is 1. The molecule has 10 aliphatic rings. The van der Waals surface area contributed by atoms with E-state index in [2.05, 4.69) is 0 Å². The molecule has 10 fully saturated rings. The number of fused-ring (bicyclic) bond motifs is 11. The molecule has 1 aromatic carbocycles. The molecule has 1 spiro atoms. The molecule has 0 amide bonds. The predicted molar refractivity (Wildman–Crippen MR) is 84.9 cm³/mol. The van der Waals surface area contributed by atoms with Gasteiger partial charge in [-0.2, -0.15) is 0 Å². The summed E-state index contributed by atoms with van der Waals surface area (Å²) < 4.78 is 6.87. The third-order valence-electron chi connectivity index (χ3n) is 17.0. The van der Waals surface area contributed by atoms with Gasteiger partial charge in [-0.15, -0.1) is 0 Å². The Morgan fingerprint density at radius 3 is 2.12 bits per heavy atom. The zero-order valence-electron chi connectivity index (χ0n) is 13.0. The molecule has 10 aliphatic heterocycles. The summed E-state index contributed by atoms with van der Waals surface area (Å²) in [5.41, 5.74) is 0.726. The topological polar surface area (TPSA) is 67.5 Å². The van der Waals surface area contributed by atoms with Gasteiger partial charge in [0.15, 0.2) is 0 Å². The van der Waals surface area contributed by atoms with Gasteiger partial charge in [-0.3, -0.25) is 0 Å². The van der Waals surface area contributed by atoms with E-state index in [4.69, 9.17) is 4.42 Å². The van der Waals surface area contributed by atoms with Gasteiger partial charge < -0.3 is 0 Å². The molecule has 12 rings (SSSR count). The first kappa shape index (κ1) is 9.94. The quantitative estimate of drug-likeness (QED) is 0.797. The Morgan fingerprint density at radius 2 is 1.64 bits per heavy atom. The number of hydrogen-bond acceptors (Lipinski definition) is 3. The number of benzene rings is 1. The molecule has 0 bridgehead atoms. The second-order valence-electron chi connectivity index (χ2n) is 12.7. The third kappa shape index (κ3) is 0.154.